The molecule has 0 bridgehead atoms. The van der Waals surface area contributed by atoms with Crippen LogP contribution < -0.4 is 20.9 Å². The predicted molar refractivity (Wildman–Crippen MR) is 112 cm³/mol. The largest absolute Gasteiger partial charge is 0.482 e. The lowest BCUT2D eigenvalue weighted by Gasteiger charge is -2.10. The quantitative estimate of drug-likeness (QED) is 0.544. The SMILES string of the molecule is CCCCC(=O)Nc1ccc(C(=O)NNC(=O)COc2ccc(Cl)cc2Cl)cc1. The molecule has 2 rings (SSSR count). The summed E-state index contributed by atoms with van der Waals surface area (Å²) in [5.74, 6) is -0.845. The van der Waals surface area contributed by atoms with Crippen LogP contribution in [0.2, 0.25) is 10.0 Å². The lowest BCUT2D eigenvalue weighted by atomic mass is 10.2. The molecule has 3 N–H and O–H groups in total. The smallest absolute Gasteiger partial charge is 0.276 e. The Morgan fingerprint density at radius 1 is 0.966 bits per heavy atom. The number of hydrogen-bond acceptors (Lipinski definition) is 4. The Hall–Kier alpha value is -2.77. The van der Waals surface area contributed by atoms with Crippen molar-refractivity contribution in [3.05, 3.63) is 58.1 Å². The van der Waals surface area contributed by atoms with E-state index in [0.717, 1.165) is 12.8 Å². The number of unbranched alkanes of at least 4 members (excludes halogenated alkanes) is 1. The lowest BCUT2D eigenvalue weighted by molar-refractivity contribution is -0.123. The van der Waals surface area contributed by atoms with E-state index in [0.29, 0.717) is 28.4 Å². The van der Waals surface area contributed by atoms with Crippen LogP contribution >= 0.6 is 23.2 Å². The van der Waals surface area contributed by atoms with E-state index in [-0.39, 0.29) is 17.5 Å². The molecule has 0 aromatic heterocycles. The van der Waals surface area contributed by atoms with Crippen molar-refractivity contribution in [2.24, 2.45) is 0 Å². The van der Waals surface area contributed by atoms with Gasteiger partial charge in [0.1, 0.15) is 5.75 Å². The van der Waals surface area contributed by atoms with Crippen LogP contribution in [-0.4, -0.2) is 24.3 Å². The first-order chi connectivity index (χ1) is 13.9. The molecule has 154 valence electrons. The summed E-state index contributed by atoms with van der Waals surface area (Å²) in [6.07, 6.45) is 2.21. The summed E-state index contributed by atoms with van der Waals surface area (Å²) in [6.45, 7) is 1.67. The van der Waals surface area contributed by atoms with Crippen LogP contribution in [0.15, 0.2) is 42.5 Å². The molecule has 2 aromatic carbocycles. The van der Waals surface area contributed by atoms with Crippen LogP contribution in [0.3, 0.4) is 0 Å². The highest BCUT2D eigenvalue weighted by atomic mass is 35.5. The van der Waals surface area contributed by atoms with Crippen LogP contribution in [0.25, 0.3) is 0 Å². The minimum Gasteiger partial charge on any atom is -0.482 e. The molecule has 0 fully saturated rings. The number of ether oxygens (including phenoxy) is 1. The summed E-state index contributed by atoms with van der Waals surface area (Å²) >= 11 is 11.7. The molecule has 0 radical (unpaired) electrons. The maximum Gasteiger partial charge on any atom is 0.276 e. The van der Waals surface area contributed by atoms with Gasteiger partial charge in [0.25, 0.3) is 11.8 Å². The molecule has 2 aromatic rings. The van der Waals surface area contributed by atoms with Crippen LogP contribution in [0.4, 0.5) is 5.69 Å². The van der Waals surface area contributed by atoms with Crippen molar-refractivity contribution in [2.75, 3.05) is 11.9 Å². The fraction of sp³-hybridized carbons (Fsp3) is 0.250. The third-order valence-electron chi connectivity index (χ3n) is 3.76. The van der Waals surface area contributed by atoms with Gasteiger partial charge in [-0.15, -0.1) is 0 Å². The zero-order chi connectivity index (χ0) is 21.2. The van der Waals surface area contributed by atoms with E-state index in [4.69, 9.17) is 27.9 Å². The number of carbonyl (C=O) groups is 3. The number of anilines is 1. The summed E-state index contributed by atoms with van der Waals surface area (Å²) in [4.78, 5) is 35.6. The third kappa shape index (κ3) is 7.63. The first-order valence-electron chi connectivity index (χ1n) is 8.96. The van der Waals surface area contributed by atoms with Crippen LogP contribution in [0, 0.1) is 0 Å². The number of hydrogen-bond donors (Lipinski definition) is 3. The lowest BCUT2D eigenvalue weighted by Crippen LogP contribution is -2.43. The summed E-state index contributed by atoms with van der Waals surface area (Å²) in [5, 5.41) is 3.48. The van der Waals surface area contributed by atoms with Crippen LogP contribution in [-0.2, 0) is 9.59 Å². The molecule has 0 saturated heterocycles. The molecule has 0 unspecified atom stereocenters. The highest BCUT2D eigenvalue weighted by Gasteiger charge is 2.10. The van der Waals surface area contributed by atoms with Gasteiger partial charge in [-0.2, -0.15) is 0 Å². The number of hydrazine groups is 1. The summed E-state index contributed by atoms with van der Waals surface area (Å²) < 4.78 is 5.28. The molecule has 7 nitrogen and oxygen atoms in total. The molecule has 29 heavy (non-hydrogen) atoms. The second-order valence-corrected chi connectivity index (χ2v) is 6.94. The van der Waals surface area contributed by atoms with E-state index in [2.05, 4.69) is 16.2 Å². The molecular formula is C20H21Cl2N3O4. The topological polar surface area (TPSA) is 96.5 Å². The van der Waals surface area contributed by atoms with Crippen molar-refractivity contribution >= 4 is 46.6 Å². The maximum absolute atomic E-state index is 12.1. The van der Waals surface area contributed by atoms with Gasteiger partial charge in [-0.25, -0.2) is 0 Å². The second kappa shape index (κ2) is 11.3. The Bertz CT molecular complexity index is 873. The molecule has 0 aliphatic rings. The van der Waals surface area contributed by atoms with Gasteiger partial charge in [-0.1, -0.05) is 36.5 Å². The van der Waals surface area contributed by atoms with Gasteiger partial charge in [-0.05, 0) is 48.9 Å². The average Bonchev–Trinajstić information content (AvgIpc) is 2.70. The Morgan fingerprint density at radius 3 is 2.34 bits per heavy atom. The van der Waals surface area contributed by atoms with Gasteiger partial charge in [0, 0.05) is 22.7 Å². The summed E-state index contributed by atoms with van der Waals surface area (Å²) in [5.41, 5.74) is 5.45. The van der Waals surface area contributed by atoms with Crippen molar-refractivity contribution in [1.29, 1.82) is 0 Å². The number of halogens is 2. The minimum absolute atomic E-state index is 0.0721. The Labute approximate surface area is 178 Å². The first kappa shape index (κ1) is 22.5. The number of amides is 3. The molecule has 0 aliphatic carbocycles. The van der Waals surface area contributed by atoms with Crippen molar-refractivity contribution in [1.82, 2.24) is 10.9 Å². The van der Waals surface area contributed by atoms with Crippen LogP contribution in [0.5, 0.6) is 5.75 Å². The highest BCUT2D eigenvalue weighted by Crippen LogP contribution is 2.27. The van der Waals surface area contributed by atoms with Gasteiger partial charge in [0.15, 0.2) is 6.61 Å². The summed E-state index contributed by atoms with van der Waals surface area (Å²) in [7, 11) is 0. The van der Waals surface area contributed by atoms with E-state index in [1.54, 1.807) is 36.4 Å². The highest BCUT2D eigenvalue weighted by molar-refractivity contribution is 6.35. The molecule has 0 heterocycles. The second-order valence-electron chi connectivity index (χ2n) is 6.09. The molecule has 3 amide bonds. The Morgan fingerprint density at radius 2 is 1.69 bits per heavy atom. The number of benzene rings is 2. The van der Waals surface area contributed by atoms with E-state index in [1.165, 1.54) is 6.07 Å². The molecule has 0 atom stereocenters. The molecule has 0 aliphatic heterocycles. The monoisotopic (exact) mass is 437 g/mol. The van der Waals surface area contributed by atoms with Gasteiger partial charge < -0.3 is 10.1 Å². The molecule has 0 saturated carbocycles. The molecular weight excluding hydrogens is 417 g/mol. The van der Waals surface area contributed by atoms with Gasteiger partial charge in [-0.3, -0.25) is 25.2 Å². The molecule has 0 spiro atoms. The van der Waals surface area contributed by atoms with Crippen molar-refractivity contribution in [2.45, 2.75) is 26.2 Å². The average molecular weight is 438 g/mol. The Kier molecular flexibility index (Phi) is 8.76. The van der Waals surface area contributed by atoms with E-state index in [1.807, 2.05) is 6.92 Å². The standard InChI is InChI=1S/C20H21Cl2N3O4/c1-2-3-4-18(26)23-15-8-5-13(6-9-15)20(28)25-24-19(27)12-29-17-10-7-14(21)11-16(17)22/h5-11H,2-4,12H2,1H3,(H,23,26)(H,24,27)(H,25,28). The third-order valence-corrected chi connectivity index (χ3v) is 4.29. The van der Waals surface area contributed by atoms with Gasteiger partial charge in [0.2, 0.25) is 5.91 Å². The van der Waals surface area contributed by atoms with E-state index >= 15 is 0 Å². The van der Waals surface area contributed by atoms with E-state index in [9.17, 15) is 14.4 Å². The minimum atomic E-state index is -0.566. The van der Waals surface area contributed by atoms with Crippen molar-refractivity contribution in [3.8, 4) is 5.75 Å². The van der Waals surface area contributed by atoms with E-state index < -0.39 is 11.8 Å². The predicted octanol–water partition coefficient (Wildman–Crippen LogP) is 3.96. The number of nitrogens with one attached hydrogen (secondary N) is 3. The normalized spacial score (nSPS) is 10.2. The fourth-order valence-electron chi connectivity index (χ4n) is 2.24. The fourth-order valence-corrected chi connectivity index (χ4v) is 2.70. The zero-order valence-corrected chi connectivity index (χ0v) is 17.3. The maximum atomic E-state index is 12.1. The van der Waals surface area contributed by atoms with Gasteiger partial charge >= 0.3 is 0 Å². The Balaban J connectivity index is 1.77. The first-order valence-corrected chi connectivity index (χ1v) is 9.71. The number of rotatable bonds is 8. The van der Waals surface area contributed by atoms with Crippen LogP contribution in [0.1, 0.15) is 36.5 Å². The summed E-state index contributed by atoms with van der Waals surface area (Å²) in [6, 6.07) is 10.9. The molecule has 9 heteroatoms. The number of carbonyl (C=O) groups excluding carboxylic acids is 3. The van der Waals surface area contributed by atoms with Gasteiger partial charge in [0.05, 0.1) is 5.02 Å². The van der Waals surface area contributed by atoms with Crippen molar-refractivity contribution in [3.63, 3.8) is 0 Å². The van der Waals surface area contributed by atoms with Crippen molar-refractivity contribution < 1.29 is 19.1 Å². The zero-order valence-electron chi connectivity index (χ0n) is 15.8.